The van der Waals surface area contributed by atoms with Crippen molar-refractivity contribution in [3.05, 3.63) is 71.2 Å². The van der Waals surface area contributed by atoms with Gasteiger partial charge >= 0.3 is 0 Å². The molecule has 0 saturated carbocycles. The van der Waals surface area contributed by atoms with E-state index in [9.17, 15) is 4.39 Å². The average Bonchev–Trinajstić information content (AvgIpc) is 3.09. The summed E-state index contributed by atoms with van der Waals surface area (Å²) in [5.41, 5.74) is 4.33. The second-order valence-corrected chi connectivity index (χ2v) is 6.63. The molecule has 3 rings (SSSR count). The number of nitrogens with zero attached hydrogens (tertiary/aromatic N) is 1. The van der Waals surface area contributed by atoms with Gasteiger partial charge in [-0.1, -0.05) is 24.3 Å². The van der Waals surface area contributed by atoms with Gasteiger partial charge in [0, 0.05) is 37.3 Å². The van der Waals surface area contributed by atoms with E-state index >= 15 is 0 Å². The Morgan fingerprint density at radius 3 is 2.59 bits per heavy atom. The van der Waals surface area contributed by atoms with Gasteiger partial charge in [0.15, 0.2) is 5.96 Å². The van der Waals surface area contributed by atoms with Crippen LogP contribution in [0.4, 0.5) is 4.39 Å². The molecule has 0 fully saturated rings. The summed E-state index contributed by atoms with van der Waals surface area (Å²) in [6.07, 6.45) is 2.72. The van der Waals surface area contributed by atoms with E-state index in [-0.39, 0.29) is 29.8 Å². The molecule has 0 aliphatic heterocycles. The van der Waals surface area contributed by atoms with Crippen molar-refractivity contribution in [3.8, 4) is 0 Å². The zero-order chi connectivity index (χ0) is 19.8. The van der Waals surface area contributed by atoms with E-state index in [1.54, 1.807) is 19.2 Å². The first-order valence-electron chi connectivity index (χ1n) is 9.54. The number of hydrogen-bond acceptors (Lipinski definition) is 2. The number of guanidine groups is 1. The van der Waals surface area contributed by atoms with Gasteiger partial charge in [-0.3, -0.25) is 0 Å². The van der Waals surface area contributed by atoms with Crippen LogP contribution in [0.2, 0.25) is 0 Å². The maximum Gasteiger partial charge on any atom is 0.191 e. The van der Waals surface area contributed by atoms with E-state index in [2.05, 4.69) is 44.9 Å². The van der Waals surface area contributed by atoms with Crippen LogP contribution >= 0.6 is 24.0 Å². The molecule has 1 heterocycles. The predicted octanol–water partition coefficient (Wildman–Crippen LogP) is 4.37. The Morgan fingerprint density at radius 1 is 1.10 bits per heavy atom. The van der Waals surface area contributed by atoms with Crippen molar-refractivity contribution in [2.75, 3.05) is 20.2 Å². The van der Waals surface area contributed by atoms with E-state index in [1.807, 2.05) is 13.1 Å². The number of aromatic nitrogens is 1. The highest BCUT2D eigenvalue weighted by Crippen LogP contribution is 2.19. The molecule has 3 aromatic rings. The number of ether oxygens (including phenoxy) is 1. The molecular weight excluding hydrogens is 482 g/mol. The van der Waals surface area contributed by atoms with Gasteiger partial charge in [0.25, 0.3) is 0 Å². The molecule has 156 valence electrons. The largest absolute Gasteiger partial charge is 0.380 e. The molecule has 0 spiro atoms. The van der Waals surface area contributed by atoms with Gasteiger partial charge in [-0.2, -0.15) is 0 Å². The number of hydrogen-bond donors (Lipinski definition) is 3. The fraction of sp³-hybridized carbons (Fsp3) is 0.318. The van der Waals surface area contributed by atoms with Crippen LogP contribution in [-0.4, -0.2) is 31.1 Å². The lowest BCUT2D eigenvalue weighted by molar-refractivity contribution is 0.185. The van der Waals surface area contributed by atoms with Gasteiger partial charge in [-0.25, -0.2) is 9.38 Å². The lowest BCUT2D eigenvalue weighted by Crippen LogP contribution is -2.38. The molecule has 0 aliphatic rings. The van der Waals surface area contributed by atoms with Crippen LogP contribution in [0, 0.1) is 5.82 Å². The average molecular weight is 510 g/mol. The summed E-state index contributed by atoms with van der Waals surface area (Å²) in [5, 5.41) is 7.54. The molecule has 2 aromatic carbocycles. The first kappa shape index (κ1) is 23.2. The summed E-state index contributed by atoms with van der Waals surface area (Å²) in [5.74, 6) is 0.558. The number of aromatic amines is 1. The third kappa shape index (κ3) is 6.71. The van der Waals surface area contributed by atoms with E-state index < -0.39 is 0 Å². The Labute approximate surface area is 188 Å². The number of benzene rings is 2. The molecule has 29 heavy (non-hydrogen) atoms. The Morgan fingerprint density at radius 2 is 1.86 bits per heavy atom. The monoisotopic (exact) mass is 510 g/mol. The number of nitrogens with one attached hydrogen (secondary N) is 3. The Kier molecular flexibility index (Phi) is 9.40. The summed E-state index contributed by atoms with van der Waals surface area (Å²) in [6.45, 7) is 4.75. The summed E-state index contributed by atoms with van der Waals surface area (Å²) < 4.78 is 18.6. The molecule has 0 atom stereocenters. The SMILES string of the molecule is CCNC(=NCc1ccc(COC)cc1)NCCc1c[nH]c2ccc(F)cc12.I. The van der Waals surface area contributed by atoms with Crippen molar-refractivity contribution in [3.63, 3.8) is 0 Å². The smallest absolute Gasteiger partial charge is 0.191 e. The number of halogens is 2. The second-order valence-electron chi connectivity index (χ2n) is 6.63. The minimum absolute atomic E-state index is 0. The molecule has 0 aliphatic carbocycles. The summed E-state index contributed by atoms with van der Waals surface area (Å²) >= 11 is 0. The van der Waals surface area contributed by atoms with Crippen LogP contribution in [0.25, 0.3) is 10.9 Å². The third-order valence-electron chi connectivity index (χ3n) is 4.51. The van der Waals surface area contributed by atoms with Crippen LogP contribution in [-0.2, 0) is 24.3 Å². The molecule has 3 N–H and O–H groups in total. The van der Waals surface area contributed by atoms with E-state index in [4.69, 9.17) is 4.74 Å². The molecule has 0 radical (unpaired) electrons. The van der Waals surface area contributed by atoms with Gasteiger partial charge in [-0.15, -0.1) is 24.0 Å². The molecule has 7 heteroatoms. The zero-order valence-electron chi connectivity index (χ0n) is 16.8. The molecule has 0 amide bonds. The molecule has 0 saturated heterocycles. The van der Waals surface area contributed by atoms with Crippen molar-refractivity contribution in [1.82, 2.24) is 15.6 Å². The maximum atomic E-state index is 13.5. The minimum Gasteiger partial charge on any atom is -0.380 e. The van der Waals surface area contributed by atoms with Crippen LogP contribution in [0.15, 0.2) is 53.7 Å². The van der Waals surface area contributed by atoms with Crippen LogP contribution in [0.5, 0.6) is 0 Å². The fourth-order valence-corrected chi connectivity index (χ4v) is 3.09. The lowest BCUT2D eigenvalue weighted by atomic mass is 10.1. The molecule has 5 nitrogen and oxygen atoms in total. The highest BCUT2D eigenvalue weighted by Gasteiger charge is 2.05. The summed E-state index contributed by atoms with van der Waals surface area (Å²) in [7, 11) is 1.69. The summed E-state index contributed by atoms with van der Waals surface area (Å²) in [4.78, 5) is 7.84. The minimum atomic E-state index is -0.215. The van der Waals surface area contributed by atoms with Crippen molar-refractivity contribution in [1.29, 1.82) is 0 Å². The zero-order valence-corrected chi connectivity index (χ0v) is 19.1. The summed E-state index contributed by atoms with van der Waals surface area (Å²) in [6, 6.07) is 13.1. The van der Waals surface area contributed by atoms with Crippen molar-refractivity contribution < 1.29 is 9.13 Å². The maximum absolute atomic E-state index is 13.5. The van der Waals surface area contributed by atoms with Crippen LogP contribution < -0.4 is 10.6 Å². The lowest BCUT2D eigenvalue weighted by Gasteiger charge is -2.11. The topological polar surface area (TPSA) is 61.4 Å². The van der Waals surface area contributed by atoms with Gasteiger partial charge in [0.1, 0.15) is 5.82 Å². The van der Waals surface area contributed by atoms with Gasteiger partial charge in [0.2, 0.25) is 0 Å². The Bertz CT molecular complexity index is 924. The highest BCUT2D eigenvalue weighted by atomic mass is 127. The van der Waals surface area contributed by atoms with E-state index in [1.165, 1.54) is 6.07 Å². The predicted molar refractivity (Wildman–Crippen MR) is 127 cm³/mol. The number of aliphatic imine (C=N–C) groups is 1. The first-order chi connectivity index (χ1) is 13.7. The van der Waals surface area contributed by atoms with Crippen molar-refractivity contribution in [2.24, 2.45) is 4.99 Å². The van der Waals surface area contributed by atoms with Crippen LogP contribution in [0.3, 0.4) is 0 Å². The standard InChI is InChI=1S/C22H27FN4O.HI/c1-3-24-22(27-13-16-4-6-17(7-5-16)15-28-2)25-11-10-18-14-26-21-9-8-19(23)12-20(18)21;/h4-9,12,14,26H,3,10-11,13,15H2,1-2H3,(H2,24,25,27);1H. The Balaban J connectivity index is 0.00000300. The number of rotatable bonds is 8. The van der Waals surface area contributed by atoms with E-state index in [0.717, 1.165) is 46.5 Å². The molecule has 0 bridgehead atoms. The van der Waals surface area contributed by atoms with Crippen LogP contribution in [0.1, 0.15) is 23.6 Å². The number of H-pyrrole nitrogens is 1. The quantitative estimate of drug-likeness (QED) is 0.240. The molecule has 1 aromatic heterocycles. The van der Waals surface area contributed by atoms with E-state index in [0.29, 0.717) is 19.7 Å². The van der Waals surface area contributed by atoms with Crippen molar-refractivity contribution in [2.45, 2.75) is 26.5 Å². The van der Waals surface area contributed by atoms with Gasteiger partial charge in [-0.05, 0) is 48.2 Å². The first-order valence-corrected chi connectivity index (χ1v) is 9.54. The highest BCUT2D eigenvalue weighted by molar-refractivity contribution is 14.0. The fourth-order valence-electron chi connectivity index (χ4n) is 3.09. The van der Waals surface area contributed by atoms with Crippen molar-refractivity contribution >= 4 is 40.8 Å². The number of methoxy groups -OCH3 is 1. The molecule has 0 unspecified atom stereocenters. The normalized spacial score (nSPS) is 11.3. The second kappa shape index (κ2) is 11.8. The third-order valence-corrected chi connectivity index (χ3v) is 4.51. The van der Waals surface area contributed by atoms with Gasteiger partial charge < -0.3 is 20.4 Å². The Hall–Kier alpha value is -2.13. The molecular formula is C22H28FIN4O. The number of fused-ring (bicyclic) bond motifs is 1. The van der Waals surface area contributed by atoms with Gasteiger partial charge in [0.05, 0.1) is 13.2 Å².